The number of likely N-dealkylation sites (tertiary alicyclic amines) is 1. The molecule has 0 radical (unpaired) electrons. The maximum atomic E-state index is 14.2. The Hall–Kier alpha value is -6.53. The maximum Gasteiger partial charge on any atom is 0.246 e. The van der Waals surface area contributed by atoms with Crippen LogP contribution in [0.25, 0.3) is 21.2 Å². The zero-order chi connectivity index (χ0) is 51.4. The fraction of sp³-hybridized carbons (Fsp3) is 0.436. The van der Waals surface area contributed by atoms with E-state index in [0.717, 1.165) is 60.4 Å². The van der Waals surface area contributed by atoms with Crippen LogP contribution in [0.5, 0.6) is 0 Å². The van der Waals surface area contributed by atoms with Crippen LogP contribution in [-0.4, -0.2) is 99.4 Å². The van der Waals surface area contributed by atoms with Gasteiger partial charge in [-0.2, -0.15) is 0 Å². The van der Waals surface area contributed by atoms with Gasteiger partial charge in [0.05, 0.1) is 52.7 Å². The van der Waals surface area contributed by atoms with Gasteiger partial charge in [0.15, 0.2) is 0 Å². The number of para-hydroxylation sites is 1. The highest BCUT2D eigenvalue weighted by atomic mass is 32.1. The number of fused-ring (bicyclic) bond motifs is 1. The summed E-state index contributed by atoms with van der Waals surface area (Å²) in [5.41, 5.74) is 20.3. The molecule has 5 aromatic rings. The Bertz CT molecular complexity index is 2840. The molecule has 17 heteroatoms. The minimum Gasteiger partial charge on any atom is -0.391 e. The molecule has 1 saturated heterocycles. The molecule has 4 heterocycles. The smallest absolute Gasteiger partial charge is 0.246 e. The van der Waals surface area contributed by atoms with Crippen molar-refractivity contribution in [3.05, 3.63) is 118 Å². The Morgan fingerprint density at radius 3 is 2.32 bits per heavy atom. The van der Waals surface area contributed by atoms with Crippen molar-refractivity contribution in [2.75, 3.05) is 11.4 Å². The first-order chi connectivity index (χ1) is 34.3. The molecule has 0 bridgehead atoms. The number of hydrogen-bond donors (Lipinski definition) is 6. The van der Waals surface area contributed by atoms with Gasteiger partial charge in [0.25, 0.3) is 0 Å². The van der Waals surface area contributed by atoms with Crippen molar-refractivity contribution >= 4 is 63.2 Å². The number of β-amino-alcohol motifs (C(OH)–C–C–N with tert-alkyl or cyclic N) is 1. The lowest BCUT2D eigenvalue weighted by atomic mass is 9.85. The molecule has 0 unspecified atom stereocenters. The van der Waals surface area contributed by atoms with E-state index in [1.807, 2.05) is 119 Å². The first kappa shape index (κ1) is 51.8. The Kier molecular flexibility index (Phi) is 15.9. The second-order valence-electron chi connectivity index (χ2n) is 20.6. The summed E-state index contributed by atoms with van der Waals surface area (Å²) in [4.78, 5) is 89.3. The van der Waals surface area contributed by atoms with Gasteiger partial charge in [0, 0.05) is 38.8 Å². The molecule has 380 valence electrons. The van der Waals surface area contributed by atoms with Gasteiger partial charge in [-0.05, 0) is 95.2 Å². The summed E-state index contributed by atoms with van der Waals surface area (Å²) >= 11 is 1.57. The molecule has 3 aliphatic heterocycles. The topological polar surface area (TPSA) is 239 Å². The zero-order valence-electron chi connectivity index (χ0n) is 41.6. The molecule has 0 aliphatic carbocycles. The van der Waals surface area contributed by atoms with Crippen LogP contribution >= 0.6 is 11.3 Å². The predicted octanol–water partition coefficient (Wildman–Crippen LogP) is 4.90. The van der Waals surface area contributed by atoms with Crippen molar-refractivity contribution in [1.29, 1.82) is 0 Å². The van der Waals surface area contributed by atoms with E-state index in [2.05, 4.69) is 20.9 Å². The van der Waals surface area contributed by atoms with Crippen molar-refractivity contribution in [2.45, 2.75) is 142 Å². The molecular weight excluding hydrogens is 933 g/mol. The van der Waals surface area contributed by atoms with E-state index in [0.29, 0.717) is 25.7 Å². The van der Waals surface area contributed by atoms with Crippen LogP contribution in [0.2, 0.25) is 0 Å². The summed E-state index contributed by atoms with van der Waals surface area (Å²) in [5, 5.41) is 21.6. The van der Waals surface area contributed by atoms with Crippen molar-refractivity contribution in [3.63, 3.8) is 0 Å². The number of carbonyl (C=O) groups is 6. The summed E-state index contributed by atoms with van der Waals surface area (Å²) in [7, 11) is 0. The summed E-state index contributed by atoms with van der Waals surface area (Å²) in [6.45, 7) is 9.80. The van der Waals surface area contributed by atoms with Crippen LogP contribution in [0.3, 0.4) is 0 Å². The van der Waals surface area contributed by atoms with Gasteiger partial charge in [-0.15, -0.1) is 11.3 Å². The highest BCUT2D eigenvalue weighted by molar-refractivity contribution is 7.13. The Morgan fingerprint density at radius 2 is 1.61 bits per heavy atom. The van der Waals surface area contributed by atoms with E-state index in [9.17, 15) is 33.9 Å². The molecule has 16 nitrogen and oxygen atoms in total. The van der Waals surface area contributed by atoms with Gasteiger partial charge in [-0.25, -0.2) is 4.98 Å². The van der Waals surface area contributed by atoms with Crippen molar-refractivity contribution in [3.8, 4) is 10.4 Å². The van der Waals surface area contributed by atoms with Crippen molar-refractivity contribution < 1.29 is 38.6 Å². The molecular formula is C55H66N8O8S. The number of thiazole rings is 1. The number of aryl methyl sites for hydroxylation is 3. The first-order valence-corrected chi connectivity index (χ1v) is 25.7. The molecule has 6 amide bonds. The van der Waals surface area contributed by atoms with E-state index < -0.39 is 59.6 Å². The molecule has 8 N–H and O–H groups in total. The number of carbonyl (C=O) groups excluding carboxylic acids is 6. The average Bonchev–Trinajstić information content (AvgIpc) is 4.07. The number of amides is 6. The van der Waals surface area contributed by atoms with Gasteiger partial charge < -0.3 is 42.2 Å². The molecule has 7 atom stereocenters. The third kappa shape index (κ3) is 11.9. The van der Waals surface area contributed by atoms with Gasteiger partial charge in [0.1, 0.15) is 18.1 Å². The number of benzene rings is 4. The third-order valence-corrected chi connectivity index (χ3v) is 15.2. The number of hydrogen-bond acceptors (Lipinski definition) is 11. The van der Waals surface area contributed by atoms with Gasteiger partial charge >= 0.3 is 0 Å². The number of nitrogens with one attached hydrogen (secondary N) is 3. The summed E-state index contributed by atoms with van der Waals surface area (Å²) < 4.78 is 6.35. The average molecular weight is 999 g/mol. The Labute approximate surface area is 424 Å². The van der Waals surface area contributed by atoms with E-state index in [4.69, 9.17) is 16.2 Å². The summed E-state index contributed by atoms with van der Waals surface area (Å²) in [5.74, 6) is -2.26. The quantitative estimate of drug-likeness (QED) is 0.0694. The fourth-order valence-electron chi connectivity index (χ4n) is 10.1. The molecule has 1 fully saturated rings. The maximum absolute atomic E-state index is 14.2. The standard InChI is InChI=1S/C55H66N8O8S/c1-31-49(72-30-59-31)38-16-10-34(11-17-38)27-58-51(67)44-26-41(64)28-62(44)54(70)50(55(3,4)5)61-47(66)22-13-33-9-14-36-15-12-35(24-40(36)23-33)29-71-32(2)43(20-21-46(57)65)60-52(68)45-25-39-8-6-7-37-18-19-42(56)53(69)63(45)48(37)39/h6-12,14-17,23-24,30,32,41-45,50,64H,13,18-22,25-29,56H2,1-5H3,(H2,57,65)(H,58,67)(H,60,68)(H,61,66)/t32-,41-,42+,43+,44+,45+,50-/m1/s1. The number of anilines is 1. The fourth-order valence-corrected chi connectivity index (χ4v) is 10.9. The van der Waals surface area contributed by atoms with Crippen LogP contribution in [0.1, 0.15) is 93.3 Å². The summed E-state index contributed by atoms with van der Waals surface area (Å²) in [6, 6.07) is 21.7. The highest BCUT2D eigenvalue weighted by Gasteiger charge is 2.45. The minimum atomic E-state index is -0.955. The third-order valence-electron chi connectivity index (χ3n) is 14.2. The number of nitrogens with two attached hydrogens (primary N) is 2. The second-order valence-corrected chi connectivity index (χ2v) is 21.4. The Balaban J connectivity index is 0.861. The number of aromatic nitrogens is 1. The SMILES string of the molecule is Cc1ncsc1-c1ccc(CNC(=O)[C@@H]2C[C@@H](O)CN2C(=O)[C@@H](NC(=O)CCc2ccc3ccc(CO[C@H](C)[C@H](CCC(N)=O)NC(=O)[C@@H]4Cc5cccc6c5N4C(=O)[C@@H](N)CC6)cc3c2)C(C)(C)C)cc1. The molecule has 3 aliphatic rings. The van der Waals surface area contributed by atoms with Gasteiger partial charge in [-0.1, -0.05) is 93.6 Å². The predicted molar refractivity (Wildman–Crippen MR) is 276 cm³/mol. The van der Waals surface area contributed by atoms with E-state index in [-0.39, 0.29) is 69.0 Å². The van der Waals surface area contributed by atoms with Gasteiger partial charge in [-0.3, -0.25) is 33.7 Å². The van der Waals surface area contributed by atoms with Crippen LogP contribution in [-0.2, 0) is 65.9 Å². The Morgan fingerprint density at radius 1 is 0.903 bits per heavy atom. The zero-order valence-corrected chi connectivity index (χ0v) is 42.4. The lowest BCUT2D eigenvalue weighted by Crippen LogP contribution is -2.57. The number of ether oxygens (including phenoxy) is 1. The lowest BCUT2D eigenvalue weighted by Gasteiger charge is -2.35. The summed E-state index contributed by atoms with van der Waals surface area (Å²) in [6.07, 6.45) is 0.923. The monoisotopic (exact) mass is 998 g/mol. The van der Waals surface area contributed by atoms with Crippen LogP contribution in [0.4, 0.5) is 5.69 Å². The minimum absolute atomic E-state index is 0.0214. The van der Waals surface area contributed by atoms with E-state index >= 15 is 0 Å². The number of nitrogens with zero attached hydrogens (tertiary/aromatic N) is 3. The molecule has 0 saturated carbocycles. The number of aliphatic hydroxyl groups is 1. The highest BCUT2D eigenvalue weighted by Crippen LogP contribution is 2.39. The number of aliphatic hydroxyl groups excluding tert-OH is 1. The van der Waals surface area contributed by atoms with E-state index in [1.165, 1.54) is 4.90 Å². The normalized spacial score (nSPS) is 19.8. The lowest BCUT2D eigenvalue weighted by molar-refractivity contribution is -0.144. The van der Waals surface area contributed by atoms with E-state index in [1.54, 1.807) is 16.2 Å². The van der Waals surface area contributed by atoms with Crippen molar-refractivity contribution in [1.82, 2.24) is 25.8 Å². The largest absolute Gasteiger partial charge is 0.391 e. The molecule has 8 rings (SSSR count). The van der Waals surface area contributed by atoms with Gasteiger partial charge in [0.2, 0.25) is 35.4 Å². The van der Waals surface area contributed by atoms with Crippen LogP contribution in [0.15, 0.2) is 84.4 Å². The van der Waals surface area contributed by atoms with Crippen LogP contribution < -0.4 is 32.3 Å². The molecule has 72 heavy (non-hydrogen) atoms. The molecule has 4 aromatic carbocycles. The molecule has 1 aromatic heterocycles. The number of primary amides is 1. The second kappa shape index (κ2) is 22.1. The van der Waals surface area contributed by atoms with Crippen molar-refractivity contribution in [2.24, 2.45) is 16.9 Å². The first-order valence-electron chi connectivity index (χ1n) is 24.8. The number of rotatable bonds is 18. The van der Waals surface area contributed by atoms with Crippen LogP contribution in [0, 0.1) is 12.3 Å². The molecule has 0 spiro atoms.